The average molecular weight is 193 g/mol. The molecule has 0 unspecified atom stereocenters. The molecule has 0 saturated carbocycles. The summed E-state index contributed by atoms with van der Waals surface area (Å²) in [7, 11) is 1.41. The van der Waals surface area contributed by atoms with Crippen molar-refractivity contribution in [2.75, 3.05) is 7.11 Å². The SMILES string of the molecule is COc1c(O)ccc(Cl)c1Cl. The maximum atomic E-state index is 9.15. The van der Waals surface area contributed by atoms with Crippen LogP contribution in [0.2, 0.25) is 10.0 Å². The van der Waals surface area contributed by atoms with Gasteiger partial charge in [-0.2, -0.15) is 0 Å². The van der Waals surface area contributed by atoms with Crippen LogP contribution in [0.5, 0.6) is 11.5 Å². The molecule has 0 aliphatic carbocycles. The molecule has 0 aliphatic rings. The van der Waals surface area contributed by atoms with Crippen molar-refractivity contribution in [2.24, 2.45) is 0 Å². The van der Waals surface area contributed by atoms with Crippen LogP contribution < -0.4 is 4.74 Å². The first-order valence-corrected chi connectivity index (χ1v) is 3.63. The summed E-state index contributed by atoms with van der Waals surface area (Å²) in [5.41, 5.74) is 0. The van der Waals surface area contributed by atoms with Crippen LogP contribution in [0.3, 0.4) is 0 Å². The van der Waals surface area contributed by atoms with Gasteiger partial charge < -0.3 is 9.84 Å². The van der Waals surface area contributed by atoms with E-state index in [4.69, 9.17) is 33.0 Å². The summed E-state index contributed by atoms with van der Waals surface area (Å²) in [4.78, 5) is 0. The first kappa shape index (κ1) is 8.50. The van der Waals surface area contributed by atoms with Crippen LogP contribution >= 0.6 is 23.2 Å². The molecule has 0 bridgehead atoms. The van der Waals surface area contributed by atoms with E-state index in [1.807, 2.05) is 0 Å². The van der Waals surface area contributed by atoms with Gasteiger partial charge in [-0.1, -0.05) is 23.2 Å². The van der Waals surface area contributed by atoms with E-state index in [-0.39, 0.29) is 16.5 Å². The number of methoxy groups -OCH3 is 1. The van der Waals surface area contributed by atoms with Crippen LogP contribution in [-0.4, -0.2) is 12.2 Å². The fourth-order valence-electron chi connectivity index (χ4n) is 0.716. The predicted molar refractivity (Wildman–Crippen MR) is 44.7 cm³/mol. The van der Waals surface area contributed by atoms with Crippen molar-refractivity contribution >= 4 is 23.2 Å². The van der Waals surface area contributed by atoms with Gasteiger partial charge in [-0.15, -0.1) is 0 Å². The van der Waals surface area contributed by atoms with Crippen LogP contribution in [0, 0.1) is 0 Å². The molecule has 60 valence electrons. The van der Waals surface area contributed by atoms with E-state index >= 15 is 0 Å². The summed E-state index contributed by atoms with van der Waals surface area (Å²) >= 11 is 11.3. The van der Waals surface area contributed by atoms with E-state index in [2.05, 4.69) is 0 Å². The number of halogens is 2. The largest absolute Gasteiger partial charge is 0.504 e. The third-order valence-corrected chi connectivity index (χ3v) is 2.02. The van der Waals surface area contributed by atoms with E-state index in [9.17, 15) is 0 Å². The maximum Gasteiger partial charge on any atom is 0.180 e. The van der Waals surface area contributed by atoms with Gasteiger partial charge in [0.25, 0.3) is 0 Å². The minimum absolute atomic E-state index is 0.0121. The van der Waals surface area contributed by atoms with Crippen LogP contribution in [0.15, 0.2) is 12.1 Å². The zero-order valence-electron chi connectivity index (χ0n) is 5.77. The number of hydrogen-bond acceptors (Lipinski definition) is 2. The van der Waals surface area contributed by atoms with Gasteiger partial charge in [-0.05, 0) is 12.1 Å². The Labute approximate surface area is 74.3 Å². The standard InChI is InChI=1S/C7H6Cl2O2/c1-11-7-5(10)3-2-4(8)6(7)9/h2-3,10H,1H3. The lowest BCUT2D eigenvalue weighted by atomic mass is 10.3. The number of phenols is 1. The molecule has 2 nitrogen and oxygen atoms in total. The van der Waals surface area contributed by atoms with Gasteiger partial charge in [0.15, 0.2) is 11.5 Å². The number of rotatable bonds is 1. The second-order valence-electron chi connectivity index (χ2n) is 1.91. The molecule has 11 heavy (non-hydrogen) atoms. The van der Waals surface area contributed by atoms with Crippen LogP contribution in [0.25, 0.3) is 0 Å². The van der Waals surface area contributed by atoms with Crippen molar-refractivity contribution in [3.05, 3.63) is 22.2 Å². The minimum atomic E-state index is -0.0121. The molecule has 1 N–H and O–H groups in total. The van der Waals surface area contributed by atoms with E-state index in [1.165, 1.54) is 19.2 Å². The van der Waals surface area contributed by atoms with Crippen molar-refractivity contribution in [3.63, 3.8) is 0 Å². The van der Waals surface area contributed by atoms with Crippen molar-refractivity contribution in [3.8, 4) is 11.5 Å². The van der Waals surface area contributed by atoms with Gasteiger partial charge in [0, 0.05) is 0 Å². The smallest absolute Gasteiger partial charge is 0.180 e. The number of phenolic OH excluding ortho intramolecular Hbond substituents is 1. The van der Waals surface area contributed by atoms with Crippen LogP contribution in [0.1, 0.15) is 0 Å². The normalized spacial score (nSPS) is 9.73. The van der Waals surface area contributed by atoms with Crippen molar-refractivity contribution in [1.82, 2.24) is 0 Å². The van der Waals surface area contributed by atoms with E-state index in [0.717, 1.165) is 0 Å². The molecule has 1 rings (SSSR count). The summed E-state index contributed by atoms with van der Waals surface area (Å²) < 4.78 is 4.79. The summed E-state index contributed by atoms with van der Waals surface area (Å²) in [5, 5.41) is 9.74. The molecule has 0 saturated heterocycles. The molecule has 0 aromatic heterocycles. The summed E-state index contributed by atoms with van der Waals surface area (Å²) in [6.45, 7) is 0. The van der Waals surface area contributed by atoms with Crippen molar-refractivity contribution in [2.45, 2.75) is 0 Å². The third kappa shape index (κ3) is 1.52. The molecule has 0 radical (unpaired) electrons. The molecule has 0 aliphatic heterocycles. The Morgan fingerprint density at radius 2 is 2.00 bits per heavy atom. The molecule has 0 fully saturated rings. The quantitative estimate of drug-likeness (QED) is 0.742. The fraction of sp³-hybridized carbons (Fsp3) is 0.143. The fourth-order valence-corrected chi connectivity index (χ4v) is 1.10. The number of benzene rings is 1. The van der Waals surface area contributed by atoms with E-state index < -0.39 is 0 Å². The van der Waals surface area contributed by atoms with Gasteiger partial charge >= 0.3 is 0 Å². The molecule has 0 heterocycles. The van der Waals surface area contributed by atoms with Crippen LogP contribution in [-0.2, 0) is 0 Å². The summed E-state index contributed by atoms with van der Waals surface area (Å²) in [5.74, 6) is 0.195. The molecular formula is C7H6Cl2O2. The lowest BCUT2D eigenvalue weighted by Gasteiger charge is -2.05. The van der Waals surface area contributed by atoms with Crippen molar-refractivity contribution < 1.29 is 9.84 Å². The Hall–Kier alpha value is -0.600. The molecule has 0 spiro atoms. The lowest BCUT2D eigenvalue weighted by molar-refractivity contribution is 0.374. The highest BCUT2D eigenvalue weighted by molar-refractivity contribution is 6.43. The molecule has 1 aromatic rings. The van der Waals surface area contributed by atoms with Crippen LogP contribution in [0.4, 0.5) is 0 Å². The van der Waals surface area contributed by atoms with Gasteiger partial charge in [0.2, 0.25) is 0 Å². The van der Waals surface area contributed by atoms with Gasteiger partial charge in [-0.3, -0.25) is 0 Å². The Bertz CT molecular complexity index is 273. The number of hydrogen-bond donors (Lipinski definition) is 1. The van der Waals surface area contributed by atoms with Gasteiger partial charge in [0.1, 0.15) is 5.02 Å². The summed E-state index contributed by atoms with van der Waals surface area (Å²) in [6, 6.07) is 2.93. The molecule has 0 amide bonds. The first-order chi connectivity index (χ1) is 5.16. The minimum Gasteiger partial charge on any atom is -0.504 e. The monoisotopic (exact) mass is 192 g/mol. The highest BCUT2D eigenvalue weighted by atomic mass is 35.5. The van der Waals surface area contributed by atoms with E-state index in [0.29, 0.717) is 5.02 Å². The average Bonchev–Trinajstić information content (AvgIpc) is 1.99. The Balaban J connectivity index is 3.29. The zero-order chi connectivity index (χ0) is 8.43. The zero-order valence-corrected chi connectivity index (χ0v) is 7.28. The highest BCUT2D eigenvalue weighted by Gasteiger charge is 2.09. The molecule has 0 atom stereocenters. The Morgan fingerprint density at radius 1 is 1.36 bits per heavy atom. The van der Waals surface area contributed by atoms with Gasteiger partial charge in [0.05, 0.1) is 12.1 Å². The highest BCUT2D eigenvalue weighted by Crippen LogP contribution is 2.38. The van der Waals surface area contributed by atoms with Crippen molar-refractivity contribution in [1.29, 1.82) is 0 Å². The molecular weight excluding hydrogens is 187 g/mol. The molecule has 4 heteroatoms. The maximum absolute atomic E-state index is 9.15. The number of aromatic hydroxyl groups is 1. The van der Waals surface area contributed by atoms with E-state index in [1.54, 1.807) is 0 Å². The lowest BCUT2D eigenvalue weighted by Crippen LogP contribution is -1.84. The number of ether oxygens (including phenoxy) is 1. The van der Waals surface area contributed by atoms with Gasteiger partial charge in [-0.25, -0.2) is 0 Å². The second kappa shape index (κ2) is 3.20. The Kier molecular flexibility index (Phi) is 2.47. The summed E-state index contributed by atoms with van der Waals surface area (Å²) in [6.07, 6.45) is 0. The molecule has 1 aromatic carbocycles. The first-order valence-electron chi connectivity index (χ1n) is 2.87. The third-order valence-electron chi connectivity index (χ3n) is 1.23. The predicted octanol–water partition coefficient (Wildman–Crippen LogP) is 2.71. The Morgan fingerprint density at radius 3 is 2.45 bits per heavy atom. The topological polar surface area (TPSA) is 29.5 Å². The second-order valence-corrected chi connectivity index (χ2v) is 2.70.